The van der Waals surface area contributed by atoms with Crippen LogP contribution in [-0.4, -0.2) is 4.57 Å². The van der Waals surface area contributed by atoms with Gasteiger partial charge in [0.05, 0.1) is 11.0 Å². The maximum atomic E-state index is 6.56. The van der Waals surface area contributed by atoms with Crippen molar-refractivity contribution in [3.8, 4) is 72.4 Å². The summed E-state index contributed by atoms with van der Waals surface area (Å²) >= 11 is 0. The van der Waals surface area contributed by atoms with Gasteiger partial charge in [-0.2, -0.15) is 0 Å². The lowest BCUT2D eigenvalue weighted by Crippen LogP contribution is -2.14. The van der Waals surface area contributed by atoms with E-state index in [4.69, 9.17) is 17.7 Å². The Hall–Kier alpha value is -18.8. The molecule has 0 saturated heterocycles. The SMILES string of the molecule is CC1(C)c2cccc3c2-c2c1ccc1ccc4c(c21)c1c-3cccc1n4-c1cccc(N(c2ccccc2)c2ccc3c(ccc4ccccc43)c2)c1.c1ccc(N(c2cccc(-c3ccc4oc5ccc6ccc7oc8cccc9c8c7c6c5c4c3-9)c2)c2ccc3ccccc3c2)cc1.c1ccc(N(c2ccccc2)c2ccc(-c3ccc4oc5ccc6ccc7oc8cccc9c8c7c6c5c4c3-9)cc2)cc1. The molecule has 5 aromatic heterocycles. The zero-order valence-electron chi connectivity index (χ0n) is 77.8. The molecule has 0 bridgehead atoms. The third-order valence-corrected chi connectivity index (χ3v) is 31.1. The Morgan fingerprint density at radius 1 is 0.182 bits per heavy atom. The minimum Gasteiger partial charge on any atom is -0.456 e. The van der Waals surface area contributed by atoms with Crippen molar-refractivity contribution < 1.29 is 17.7 Å². The Bertz CT molecular complexity index is 10500. The lowest BCUT2D eigenvalue weighted by atomic mass is 9.81. The summed E-state index contributed by atoms with van der Waals surface area (Å²) in [5, 5.41) is 27.1. The first-order valence-electron chi connectivity index (χ1n) is 49.2. The predicted molar refractivity (Wildman–Crippen MR) is 597 cm³/mol. The Labute approximate surface area is 820 Å². The van der Waals surface area contributed by atoms with Crippen molar-refractivity contribution in [1.29, 1.82) is 0 Å². The van der Waals surface area contributed by atoms with E-state index in [-0.39, 0.29) is 5.41 Å². The maximum absolute atomic E-state index is 6.56. The zero-order chi connectivity index (χ0) is 93.7. The smallest absolute Gasteiger partial charge is 0.136 e. The molecule has 4 aliphatic carbocycles. The van der Waals surface area contributed by atoms with Gasteiger partial charge in [-0.05, 0) is 297 Å². The number of para-hydroxylation sites is 4. The van der Waals surface area contributed by atoms with Gasteiger partial charge in [-0.15, -0.1) is 0 Å². The molecule has 666 valence electrons. The zero-order valence-corrected chi connectivity index (χ0v) is 77.8. The minimum absolute atomic E-state index is 0.0594. The molecule has 8 heteroatoms. The average molecular weight is 1820 g/mol. The van der Waals surface area contributed by atoms with E-state index in [1.165, 1.54) is 191 Å². The summed E-state index contributed by atoms with van der Waals surface area (Å²) < 4.78 is 28.5. The van der Waals surface area contributed by atoms with Gasteiger partial charge in [0.25, 0.3) is 0 Å². The van der Waals surface area contributed by atoms with E-state index in [0.717, 1.165) is 118 Å². The van der Waals surface area contributed by atoms with Crippen molar-refractivity contribution in [2.24, 2.45) is 0 Å². The van der Waals surface area contributed by atoms with E-state index in [1.807, 2.05) is 0 Å². The standard InChI is InChI=1S/C51H34N2.C44H25NO2.C40H23NO2/c1-51(2)42-19-9-17-40-41-18-10-20-44-48(41)50-45(28-24-32-23-27-43(51)49(46(32)50)47(40)42)53(44)36-15-8-14-35(30-36)52(34-12-4-3-5-13-34)37-25-26-39-33(29-37)22-21-31-11-6-7-16-38(31)39;1-2-11-30(12-3-1)45(32-19-16-26-8-4-5-9-28(26)24-32)31-13-6-10-29(25-31)33-20-23-38-44-40(33)34-14-7-15-35-41(34)42-36(46-35)21-17-27-18-22-37(47-38)43(44)39(27)42;1-3-8-26(9-4-1)41(27-10-5-2-6-11-27)28-18-14-24(15-19-28)29-20-23-34-40-36(29)30-12-7-13-31-37(30)38-32(42-31)21-16-25-17-22-33(43-34)39(40)35(25)38/h3-30H,1-2H3;1-25H;1-23H. The summed E-state index contributed by atoms with van der Waals surface area (Å²) in [6.07, 6.45) is 0. The summed E-state index contributed by atoms with van der Waals surface area (Å²) in [4.78, 5) is 7.03. The Morgan fingerprint density at radius 3 is 1.17 bits per heavy atom. The Kier molecular flexibility index (Phi) is 16.7. The van der Waals surface area contributed by atoms with Gasteiger partial charge in [0.15, 0.2) is 0 Å². The fraction of sp³-hybridized carbons (Fsp3) is 0.0222. The first-order valence-corrected chi connectivity index (χ1v) is 49.2. The Balaban J connectivity index is 0.0000000987. The number of benzene rings is 24. The molecule has 24 aromatic carbocycles. The second-order valence-electron chi connectivity index (χ2n) is 39.1. The van der Waals surface area contributed by atoms with Crippen LogP contribution in [-0.2, 0) is 5.41 Å². The number of rotatable bonds is 12. The van der Waals surface area contributed by atoms with Gasteiger partial charge in [0.2, 0.25) is 0 Å². The molecule has 0 aliphatic heterocycles. The van der Waals surface area contributed by atoms with Crippen molar-refractivity contribution in [2.45, 2.75) is 19.3 Å². The van der Waals surface area contributed by atoms with Crippen molar-refractivity contribution in [2.75, 3.05) is 14.7 Å². The fourth-order valence-corrected chi connectivity index (χ4v) is 25.0. The van der Waals surface area contributed by atoms with Gasteiger partial charge in [-0.25, -0.2) is 0 Å². The number of fused-ring (bicyclic) bond motifs is 7. The molecule has 0 unspecified atom stereocenters. The normalized spacial score (nSPS) is 12.7. The third kappa shape index (κ3) is 11.5. The van der Waals surface area contributed by atoms with Gasteiger partial charge >= 0.3 is 0 Å². The quantitative estimate of drug-likeness (QED) is 0.113. The number of hydrogen-bond donors (Lipinski definition) is 0. The van der Waals surface area contributed by atoms with Crippen molar-refractivity contribution in [1.82, 2.24) is 4.57 Å². The molecule has 4 aliphatic rings. The first-order chi connectivity index (χ1) is 70.7. The summed E-state index contributed by atoms with van der Waals surface area (Å²) in [5.74, 6) is 0. The molecular weight excluding hydrogens is 1740 g/mol. The molecule has 143 heavy (non-hydrogen) atoms. The number of furan rings is 4. The monoisotopic (exact) mass is 1820 g/mol. The second kappa shape index (κ2) is 30.1. The predicted octanol–water partition coefficient (Wildman–Crippen LogP) is 38.7. The first kappa shape index (κ1) is 79.3. The van der Waals surface area contributed by atoms with Crippen LogP contribution < -0.4 is 14.7 Å². The van der Waals surface area contributed by atoms with Gasteiger partial charge in [0, 0.05) is 138 Å². The molecular formula is C135H82N4O4. The maximum Gasteiger partial charge on any atom is 0.136 e. The average Bonchev–Trinajstić information content (AvgIpc) is 1.51. The topological polar surface area (TPSA) is 67.2 Å². The van der Waals surface area contributed by atoms with Crippen LogP contribution in [0.1, 0.15) is 25.0 Å². The molecule has 0 atom stereocenters. The van der Waals surface area contributed by atoms with Crippen LogP contribution in [0.25, 0.3) is 247 Å². The molecule has 0 radical (unpaired) electrons. The van der Waals surface area contributed by atoms with Crippen LogP contribution in [0.3, 0.4) is 0 Å². The highest BCUT2D eigenvalue weighted by Crippen LogP contribution is 2.62. The molecule has 0 amide bonds. The summed E-state index contributed by atoms with van der Waals surface area (Å²) in [6.45, 7) is 4.78. The largest absolute Gasteiger partial charge is 0.456 e. The number of nitrogens with zero attached hydrogens (tertiary/aromatic N) is 4. The van der Waals surface area contributed by atoms with Gasteiger partial charge in [-0.3, -0.25) is 0 Å². The highest BCUT2D eigenvalue weighted by atomic mass is 16.3. The highest BCUT2D eigenvalue weighted by molar-refractivity contribution is 6.40. The number of anilines is 9. The summed E-state index contributed by atoms with van der Waals surface area (Å²) in [6, 6.07) is 167. The van der Waals surface area contributed by atoms with E-state index in [2.05, 4.69) is 494 Å². The molecule has 8 nitrogen and oxygen atoms in total. The van der Waals surface area contributed by atoms with E-state index in [0.29, 0.717) is 0 Å². The minimum atomic E-state index is -0.0594. The fourth-order valence-electron chi connectivity index (χ4n) is 25.0. The van der Waals surface area contributed by atoms with Gasteiger partial charge in [-0.1, -0.05) is 299 Å². The molecule has 0 spiro atoms. The summed E-state index contributed by atoms with van der Waals surface area (Å²) in [7, 11) is 0. The van der Waals surface area contributed by atoms with Crippen molar-refractivity contribution >= 4 is 225 Å². The van der Waals surface area contributed by atoms with Crippen molar-refractivity contribution in [3.63, 3.8) is 0 Å². The van der Waals surface area contributed by atoms with E-state index in [9.17, 15) is 0 Å². The lowest BCUT2D eigenvalue weighted by molar-refractivity contribution is 0.661. The van der Waals surface area contributed by atoms with Crippen LogP contribution in [0, 0.1) is 0 Å². The van der Waals surface area contributed by atoms with Gasteiger partial charge in [0.1, 0.15) is 44.7 Å². The van der Waals surface area contributed by atoms with E-state index >= 15 is 0 Å². The molecule has 0 N–H and O–H groups in total. The highest BCUT2D eigenvalue weighted by Gasteiger charge is 2.41. The van der Waals surface area contributed by atoms with Crippen molar-refractivity contribution in [3.05, 3.63) is 472 Å². The number of hydrogen-bond acceptors (Lipinski definition) is 7. The summed E-state index contributed by atoms with van der Waals surface area (Å²) in [5.41, 5.74) is 38.6. The third-order valence-electron chi connectivity index (χ3n) is 31.1. The van der Waals surface area contributed by atoms with Crippen LogP contribution in [0.5, 0.6) is 0 Å². The molecule has 33 rings (SSSR count). The van der Waals surface area contributed by atoms with Crippen LogP contribution in [0.15, 0.2) is 479 Å². The van der Waals surface area contributed by atoms with E-state index < -0.39 is 0 Å². The lowest BCUT2D eigenvalue weighted by Gasteiger charge is -2.26. The van der Waals surface area contributed by atoms with Crippen LogP contribution >= 0.6 is 0 Å². The Morgan fingerprint density at radius 2 is 0.566 bits per heavy atom. The number of aromatic nitrogens is 1. The second-order valence-corrected chi connectivity index (χ2v) is 39.1. The molecule has 0 fully saturated rings. The van der Waals surface area contributed by atoms with Gasteiger partial charge < -0.3 is 36.9 Å². The molecule has 29 aromatic rings. The molecule has 0 saturated carbocycles. The van der Waals surface area contributed by atoms with Crippen LogP contribution in [0.4, 0.5) is 51.2 Å². The molecule has 5 heterocycles. The van der Waals surface area contributed by atoms with Crippen LogP contribution in [0.2, 0.25) is 0 Å². The van der Waals surface area contributed by atoms with E-state index in [1.54, 1.807) is 0 Å².